The molecule has 0 spiro atoms. The maximum absolute atomic E-state index is 12.6. The molecule has 1 fully saturated rings. The van der Waals surface area contributed by atoms with Crippen LogP contribution in [-0.4, -0.2) is 52.9 Å². The van der Waals surface area contributed by atoms with Crippen LogP contribution >= 0.6 is 11.6 Å². The molecule has 0 saturated carbocycles. The Labute approximate surface area is 166 Å². The zero-order chi connectivity index (χ0) is 19.5. The summed E-state index contributed by atoms with van der Waals surface area (Å²) < 4.78 is 10.5. The number of nitrogens with zero attached hydrogens (tertiary/aromatic N) is 3. The van der Waals surface area contributed by atoms with Gasteiger partial charge in [0.15, 0.2) is 11.5 Å². The molecule has 3 heterocycles. The number of piperazine rings is 1. The van der Waals surface area contributed by atoms with E-state index in [1.807, 2.05) is 12.1 Å². The van der Waals surface area contributed by atoms with Crippen LogP contribution in [0, 0.1) is 0 Å². The Hall–Kier alpha value is -3.06. The van der Waals surface area contributed by atoms with Gasteiger partial charge in [0.05, 0.1) is 18.4 Å². The molecule has 1 aromatic carbocycles. The maximum atomic E-state index is 12.6. The van der Waals surface area contributed by atoms with Crippen molar-refractivity contribution in [2.24, 2.45) is 0 Å². The number of carbonyl (C=O) groups excluding carboxylic acids is 2. The summed E-state index contributed by atoms with van der Waals surface area (Å²) in [6, 6.07) is 12.3. The Bertz CT molecular complexity index is 958. The van der Waals surface area contributed by atoms with E-state index >= 15 is 0 Å². The highest BCUT2D eigenvalue weighted by Gasteiger charge is 2.26. The Morgan fingerprint density at radius 2 is 1.75 bits per heavy atom. The lowest BCUT2D eigenvalue weighted by molar-refractivity contribution is -0.132. The highest BCUT2D eigenvalue weighted by atomic mass is 35.5. The largest absolute Gasteiger partial charge is 0.459 e. The fourth-order valence-electron chi connectivity index (χ4n) is 3.13. The molecule has 1 aliphatic heterocycles. The molecule has 0 aliphatic carbocycles. The summed E-state index contributed by atoms with van der Waals surface area (Å²) >= 11 is 5.89. The van der Waals surface area contributed by atoms with Gasteiger partial charge < -0.3 is 18.7 Å². The zero-order valence-corrected chi connectivity index (χ0v) is 15.8. The summed E-state index contributed by atoms with van der Waals surface area (Å²) in [6.45, 7) is 1.90. The maximum Gasteiger partial charge on any atom is 0.289 e. The lowest BCUT2D eigenvalue weighted by atomic mass is 10.1. The Balaban J connectivity index is 1.32. The average molecular weight is 400 g/mol. The van der Waals surface area contributed by atoms with Gasteiger partial charge in [-0.05, 0) is 36.4 Å². The van der Waals surface area contributed by atoms with Crippen molar-refractivity contribution in [1.29, 1.82) is 0 Å². The first-order chi connectivity index (χ1) is 13.6. The third-order valence-electron chi connectivity index (χ3n) is 4.67. The van der Waals surface area contributed by atoms with Crippen LogP contribution in [0.3, 0.4) is 0 Å². The lowest BCUT2D eigenvalue weighted by Gasteiger charge is -2.34. The Morgan fingerprint density at radius 3 is 2.43 bits per heavy atom. The van der Waals surface area contributed by atoms with E-state index in [1.165, 1.54) is 6.26 Å². The third kappa shape index (κ3) is 3.94. The van der Waals surface area contributed by atoms with Crippen molar-refractivity contribution >= 4 is 23.4 Å². The molecule has 2 amide bonds. The molecule has 0 bridgehead atoms. The van der Waals surface area contributed by atoms with E-state index in [4.69, 9.17) is 20.5 Å². The molecule has 2 aromatic heterocycles. The summed E-state index contributed by atoms with van der Waals surface area (Å²) in [5.41, 5.74) is 1.42. The molecule has 28 heavy (non-hydrogen) atoms. The Kier molecular flexibility index (Phi) is 5.16. The molecule has 0 N–H and O–H groups in total. The SMILES string of the molecule is O=C(Cc1cc(-c2ccc(Cl)cc2)on1)N1CCN(C(=O)c2ccco2)CC1. The van der Waals surface area contributed by atoms with Gasteiger partial charge in [0, 0.05) is 42.8 Å². The fraction of sp³-hybridized carbons (Fsp3) is 0.250. The number of carbonyl (C=O) groups is 2. The minimum Gasteiger partial charge on any atom is -0.459 e. The van der Waals surface area contributed by atoms with Gasteiger partial charge in [-0.15, -0.1) is 0 Å². The van der Waals surface area contributed by atoms with Gasteiger partial charge in [-0.3, -0.25) is 9.59 Å². The molecule has 144 valence electrons. The number of aromatic nitrogens is 1. The van der Waals surface area contributed by atoms with Crippen LogP contribution in [0.1, 0.15) is 16.2 Å². The van der Waals surface area contributed by atoms with E-state index in [2.05, 4.69) is 5.16 Å². The van der Waals surface area contributed by atoms with E-state index in [9.17, 15) is 9.59 Å². The Morgan fingerprint density at radius 1 is 1.04 bits per heavy atom. The number of rotatable bonds is 4. The number of furan rings is 1. The van der Waals surface area contributed by atoms with Crippen molar-refractivity contribution in [3.63, 3.8) is 0 Å². The molecule has 0 atom stereocenters. The standard InChI is InChI=1S/C20H18ClN3O4/c21-15-5-3-14(4-6-15)18-12-16(22-28-18)13-19(25)23-7-9-24(10-8-23)20(26)17-2-1-11-27-17/h1-6,11-12H,7-10,13H2. The van der Waals surface area contributed by atoms with Crippen LogP contribution in [0.2, 0.25) is 5.02 Å². The third-order valence-corrected chi connectivity index (χ3v) is 4.92. The molecule has 1 saturated heterocycles. The number of halogens is 1. The van der Waals surface area contributed by atoms with Crippen LogP contribution in [0.5, 0.6) is 0 Å². The monoisotopic (exact) mass is 399 g/mol. The van der Waals surface area contributed by atoms with Gasteiger partial charge in [0.25, 0.3) is 5.91 Å². The van der Waals surface area contributed by atoms with Crippen molar-refractivity contribution in [3.05, 3.63) is 65.2 Å². The molecule has 0 radical (unpaired) electrons. The summed E-state index contributed by atoms with van der Waals surface area (Å²) in [7, 11) is 0. The highest BCUT2D eigenvalue weighted by Crippen LogP contribution is 2.22. The van der Waals surface area contributed by atoms with Crippen LogP contribution < -0.4 is 0 Å². The molecule has 4 rings (SSSR count). The topological polar surface area (TPSA) is 79.8 Å². The van der Waals surface area contributed by atoms with Gasteiger partial charge in [-0.2, -0.15) is 0 Å². The molecule has 8 heteroatoms. The second-order valence-electron chi connectivity index (χ2n) is 6.52. The van der Waals surface area contributed by atoms with Crippen molar-refractivity contribution in [2.75, 3.05) is 26.2 Å². The predicted octanol–water partition coefficient (Wildman–Crippen LogP) is 3.12. The lowest BCUT2D eigenvalue weighted by Crippen LogP contribution is -2.50. The zero-order valence-electron chi connectivity index (χ0n) is 15.0. The van der Waals surface area contributed by atoms with Gasteiger partial charge in [0.1, 0.15) is 0 Å². The van der Waals surface area contributed by atoms with Crippen molar-refractivity contribution in [3.8, 4) is 11.3 Å². The molecule has 7 nitrogen and oxygen atoms in total. The van der Waals surface area contributed by atoms with Crippen molar-refractivity contribution in [1.82, 2.24) is 15.0 Å². The highest BCUT2D eigenvalue weighted by molar-refractivity contribution is 6.30. The minimum atomic E-state index is -0.152. The second-order valence-corrected chi connectivity index (χ2v) is 6.95. The van der Waals surface area contributed by atoms with E-state index in [1.54, 1.807) is 40.1 Å². The minimum absolute atomic E-state index is 0.0407. The molecular weight excluding hydrogens is 382 g/mol. The first kappa shape index (κ1) is 18.3. The molecule has 3 aromatic rings. The van der Waals surface area contributed by atoms with Crippen LogP contribution in [0.4, 0.5) is 0 Å². The van der Waals surface area contributed by atoms with Gasteiger partial charge in [-0.25, -0.2) is 0 Å². The molecule has 1 aliphatic rings. The van der Waals surface area contributed by atoms with Gasteiger partial charge in [0.2, 0.25) is 5.91 Å². The molecule has 0 unspecified atom stereocenters. The summed E-state index contributed by atoms with van der Waals surface area (Å²) in [4.78, 5) is 28.3. The van der Waals surface area contributed by atoms with E-state index in [0.29, 0.717) is 48.4 Å². The van der Waals surface area contributed by atoms with E-state index < -0.39 is 0 Å². The van der Waals surface area contributed by atoms with Crippen LogP contribution in [-0.2, 0) is 11.2 Å². The normalized spacial score (nSPS) is 14.3. The van der Waals surface area contributed by atoms with Crippen LogP contribution in [0.15, 0.2) is 57.7 Å². The summed E-state index contributed by atoms with van der Waals surface area (Å²) in [5.74, 6) is 0.715. The van der Waals surface area contributed by atoms with Crippen molar-refractivity contribution < 1.29 is 18.5 Å². The molecular formula is C20H18ClN3O4. The second kappa shape index (κ2) is 7.90. The van der Waals surface area contributed by atoms with Gasteiger partial charge in [-0.1, -0.05) is 16.8 Å². The number of hydrogen-bond acceptors (Lipinski definition) is 5. The quantitative estimate of drug-likeness (QED) is 0.673. The fourth-order valence-corrected chi connectivity index (χ4v) is 3.25. The predicted molar refractivity (Wildman–Crippen MR) is 102 cm³/mol. The number of amides is 2. The van der Waals surface area contributed by atoms with Crippen LogP contribution in [0.25, 0.3) is 11.3 Å². The van der Waals surface area contributed by atoms with Gasteiger partial charge >= 0.3 is 0 Å². The number of hydrogen-bond donors (Lipinski definition) is 0. The van der Waals surface area contributed by atoms with E-state index in [-0.39, 0.29) is 18.2 Å². The number of benzene rings is 1. The average Bonchev–Trinajstić information content (AvgIpc) is 3.40. The summed E-state index contributed by atoms with van der Waals surface area (Å²) in [5, 5.41) is 4.64. The van der Waals surface area contributed by atoms with Crippen molar-refractivity contribution in [2.45, 2.75) is 6.42 Å². The van der Waals surface area contributed by atoms with E-state index in [0.717, 1.165) is 5.56 Å². The first-order valence-corrected chi connectivity index (χ1v) is 9.30. The first-order valence-electron chi connectivity index (χ1n) is 8.92. The smallest absolute Gasteiger partial charge is 0.289 e. The summed E-state index contributed by atoms with van der Waals surface area (Å²) in [6.07, 6.45) is 1.63.